The number of sulfonamides is 1. The van der Waals surface area contributed by atoms with Crippen LogP contribution in [0.5, 0.6) is 0 Å². The van der Waals surface area contributed by atoms with E-state index in [0.717, 1.165) is 0 Å². The van der Waals surface area contributed by atoms with Crippen molar-refractivity contribution >= 4 is 33.2 Å². The van der Waals surface area contributed by atoms with Gasteiger partial charge >= 0.3 is 0 Å². The molecule has 0 saturated carbocycles. The third-order valence-corrected chi connectivity index (χ3v) is 4.83. The second-order valence-electron chi connectivity index (χ2n) is 5.38. The summed E-state index contributed by atoms with van der Waals surface area (Å²) in [6, 6.07) is 11.3. The summed E-state index contributed by atoms with van der Waals surface area (Å²) in [4.78, 5) is 15.8. The van der Waals surface area contributed by atoms with Crippen LogP contribution in [-0.2, 0) is 21.2 Å². The molecule has 10 heteroatoms. The normalized spacial score (nSPS) is 11.3. The van der Waals surface area contributed by atoms with Gasteiger partial charge in [-0.15, -0.1) is 0 Å². The van der Waals surface area contributed by atoms with Crippen LogP contribution in [-0.4, -0.2) is 29.1 Å². The van der Waals surface area contributed by atoms with Gasteiger partial charge in [-0.1, -0.05) is 29.8 Å². The second-order valence-corrected chi connectivity index (χ2v) is 7.32. The van der Waals surface area contributed by atoms with E-state index in [-0.39, 0.29) is 28.6 Å². The van der Waals surface area contributed by atoms with Gasteiger partial charge in [0.2, 0.25) is 15.9 Å². The van der Waals surface area contributed by atoms with Crippen molar-refractivity contribution in [1.29, 1.82) is 0 Å². The van der Waals surface area contributed by atoms with Crippen molar-refractivity contribution in [3.63, 3.8) is 0 Å². The molecule has 0 spiro atoms. The number of nitrogens with one attached hydrogen (secondary N) is 1. The van der Waals surface area contributed by atoms with Crippen LogP contribution in [0.15, 0.2) is 60.0 Å². The summed E-state index contributed by atoms with van der Waals surface area (Å²) >= 11 is 6.04. The molecule has 0 aliphatic carbocycles. The van der Waals surface area contributed by atoms with Crippen LogP contribution >= 0.6 is 11.6 Å². The highest BCUT2D eigenvalue weighted by Gasteiger charge is 2.18. The maximum atomic E-state index is 12.2. The molecule has 0 bridgehead atoms. The van der Waals surface area contributed by atoms with Gasteiger partial charge in [-0.25, -0.2) is 23.2 Å². The van der Waals surface area contributed by atoms with Gasteiger partial charge in [-0.05, 0) is 29.8 Å². The Balaban J connectivity index is 1.87. The lowest BCUT2D eigenvalue weighted by Crippen LogP contribution is -2.18. The molecule has 0 unspecified atom stereocenters. The van der Waals surface area contributed by atoms with Crippen LogP contribution < -0.4 is 10.5 Å². The van der Waals surface area contributed by atoms with Gasteiger partial charge in [-0.2, -0.15) is 5.10 Å². The molecule has 1 aromatic heterocycles. The second kappa shape index (κ2) is 7.24. The molecular weight excluding hydrogens is 378 g/mol. The van der Waals surface area contributed by atoms with Crippen molar-refractivity contribution in [3.05, 3.63) is 65.7 Å². The number of hydrogen-bond acceptors (Lipinski definition) is 5. The lowest BCUT2D eigenvalue weighted by Gasteiger charge is -2.11. The first kappa shape index (κ1) is 18.1. The van der Waals surface area contributed by atoms with Gasteiger partial charge in [-0.3, -0.25) is 4.79 Å². The van der Waals surface area contributed by atoms with Gasteiger partial charge in [0.05, 0.1) is 12.1 Å². The molecule has 2 aromatic carbocycles. The molecule has 3 aromatic rings. The average Bonchev–Trinajstić information content (AvgIpc) is 3.10. The highest BCUT2D eigenvalue weighted by atomic mass is 35.5. The van der Waals surface area contributed by atoms with Crippen molar-refractivity contribution in [2.45, 2.75) is 11.3 Å². The van der Waals surface area contributed by atoms with E-state index in [1.54, 1.807) is 30.3 Å². The monoisotopic (exact) mass is 391 g/mol. The van der Waals surface area contributed by atoms with Crippen molar-refractivity contribution in [3.8, 4) is 5.69 Å². The molecule has 8 nitrogen and oxygen atoms in total. The lowest BCUT2D eigenvalue weighted by atomic mass is 10.1. The van der Waals surface area contributed by atoms with Crippen LogP contribution in [0.2, 0.25) is 5.02 Å². The summed E-state index contributed by atoms with van der Waals surface area (Å²) in [6.45, 7) is 0. The van der Waals surface area contributed by atoms with Crippen molar-refractivity contribution in [2.75, 3.05) is 5.32 Å². The minimum atomic E-state index is -4.04. The Labute approximate surface area is 154 Å². The number of nitrogens with zero attached hydrogens (tertiary/aromatic N) is 3. The van der Waals surface area contributed by atoms with E-state index in [9.17, 15) is 13.2 Å². The molecule has 26 heavy (non-hydrogen) atoms. The summed E-state index contributed by atoms with van der Waals surface area (Å²) in [6.07, 6.45) is 2.67. The molecule has 0 fully saturated rings. The van der Waals surface area contributed by atoms with Gasteiger partial charge < -0.3 is 5.32 Å². The molecule has 0 atom stereocenters. The molecule has 134 valence electrons. The number of carbonyl (C=O) groups excluding carboxylic acids is 1. The summed E-state index contributed by atoms with van der Waals surface area (Å²) < 4.78 is 25.1. The zero-order chi connectivity index (χ0) is 18.7. The van der Waals surface area contributed by atoms with Crippen LogP contribution in [0.3, 0.4) is 0 Å². The van der Waals surface area contributed by atoms with Gasteiger partial charge in [0.1, 0.15) is 17.6 Å². The number of nitrogens with two attached hydrogens (primary N) is 1. The largest absolute Gasteiger partial charge is 0.326 e. The van der Waals surface area contributed by atoms with Gasteiger partial charge in [0, 0.05) is 10.7 Å². The van der Waals surface area contributed by atoms with Crippen LogP contribution in [0.25, 0.3) is 5.69 Å². The first-order valence-corrected chi connectivity index (χ1v) is 9.32. The van der Waals surface area contributed by atoms with E-state index in [1.165, 1.54) is 29.5 Å². The standard InChI is InChI=1S/C16H14ClN5O3S/c17-13-4-2-1-3-11(13)7-16(23)21-12-5-6-14(22-10-19-9-20-22)15(8-12)26(18,24)25/h1-6,8-10H,7H2,(H,21,23)(H2,18,24,25). The van der Waals surface area contributed by atoms with E-state index >= 15 is 0 Å². The Kier molecular flexibility index (Phi) is 5.03. The number of anilines is 1. The predicted molar refractivity (Wildman–Crippen MR) is 96.5 cm³/mol. The van der Waals surface area contributed by atoms with Gasteiger partial charge in [0.15, 0.2) is 0 Å². The Morgan fingerprint density at radius 2 is 2.00 bits per heavy atom. The lowest BCUT2D eigenvalue weighted by molar-refractivity contribution is -0.115. The summed E-state index contributed by atoms with van der Waals surface area (Å²) in [5.74, 6) is -0.341. The number of halogens is 1. The van der Waals surface area contributed by atoms with E-state index in [4.69, 9.17) is 16.7 Å². The molecule has 0 aliphatic heterocycles. The number of carbonyl (C=O) groups is 1. The van der Waals surface area contributed by atoms with E-state index < -0.39 is 10.0 Å². The van der Waals surface area contributed by atoms with Crippen LogP contribution in [0.4, 0.5) is 5.69 Å². The molecule has 3 rings (SSSR count). The molecule has 0 aliphatic rings. The number of benzene rings is 2. The topological polar surface area (TPSA) is 120 Å². The molecule has 1 heterocycles. The minimum absolute atomic E-state index is 0.0508. The fourth-order valence-corrected chi connectivity index (χ4v) is 3.31. The van der Waals surface area contributed by atoms with E-state index in [1.807, 2.05) is 0 Å². The molecule has 0 saturated heterocycles. The molecular formula is C16H14ClN5O3S. The summed E-state index contributed by atoms with van der Waals surface area (Å²) in [5, 5.41) is 12.3. The zero-order valence-corrected chi connectivity index (χ0v) is 14.9. The Bertz CT molecular complexity index is 1050. The summed E-state index contributed by atoms with van der Waals surface area (Å²) in [7, 11) is -4.04. The van der Waals surface area contributed by atoms with E-state index in [0.29, 0.717) is 10.6 Å². The van der Waals surface area contributed by atoms with Gasteiger partial charge in [0.25, 0.3) is 0 Å². The van der Waals surface area contributed by atoms with Crippen LogP contribution in [0, 0.1) is 0 Å². The van der Waals surface area contributed by atoms with Crippen molar-refractivity contribution in [1.82, 2.24) is 14.8 Å². The highest BCUT2D eigenvalue weighted by Crippen LogP contribution is 2.23. The third kappa shape index (κ3) is 4.07. The third-order valence-electron chi connectivity index (χ3n) is 3.52. The Hall–Kier alpha value is -2.75. The number of primary sulfonamides is 1. The quantitative estimate of drug-likeness (QED) is 0.686. The fourth-order valence-electron chi connectivity index (χ4n) is 2.36. The summed E-state index contributed by atoms with van der Waals surface area (Å²) in [5.41, 5.74) is 1.18. The smallest absolute Gasteiger partial charge is 0.240 e. The first-order chi connectivity index (χ1) is 12.3. The maximum absolute atomic E-state index is 12.2. The number of hydrogen-bond donors (Lipinski definition) is 2. The fraction of sp³-hybridized carbons (Fsp3) is 0.0625. The number of aromatic nitrogens is 3. The Morgan fingerprint density at radius 1 is 1.23 bits per heavy atom. The Morgan fingerprint density at radius 3 is 2.65 bits per heavy atom. The molecule has 3 N–H and O–H groups in total. The predicted octanol–water partition coefficient (Wildman–Crippen LogP) is 1.75. The van der Waals surface area contributed by atoms with E-state index in [2.05, 4.69) is 15.4 Å². The SMILES string of the molecule is NS(=O)(=O)c1cc(NC(=O)Cc2ccccc2Cl)ccc1-n1cncn1. The van der Waals surface area contributed by atoms with Crippen molar-refractivity contribution < 1.29 is 13.2 Å². The molecule has 0 radical (unpaired) electrons. The number of amides is 1. The number of rotatable bonds is 5. The van der Waals surface area contributed by atoms with Crippen LogP contribution in [0.1, 0.15) is 5.56 Å². The average molecular weight is 392 g/mol. The first-order valence-electron chi connectivity index (χ1n) is 7.40. The minimum Gasteiger partial charge on any atom is -0.326 e. The highest BCUT2D eigenvalue weighted by molar-refractivity contribution is 7.89. The maximum Gasteiger partial charge on any atom is 0.240 e. The van der Waals surface area contributed by atoms with Crippen molar-refractivity contribution in [2.24, 2.45) is 5.14 Å². The zero-order valence-electron chi connectivity index (χ0n) is 13.3. The molecule has 1 amide bonds.